The zero-order valence-corrected chi connectivity index (χ0v) is 37.7. The number of primary amides is 3. The smallest absolute Gasteiger partial charge is 0.244 e. The van der Waals surface area contributed by atoms with Crippen molar-refractivity contribution in [3.05, 3.63) is 108 Å². The third-order valence-corrected chi connectivity index (χ3v) is 11.6. The molecule has 340 valence electrons. The number of rotatable bonds is 27. The molecule has 8 amide bonds. The lowest BCUT2D eigenvalue weighted by Crippen LogP contribution is -2.62. The van der Waals surface area contributed by atoms with Gasteiger partial charge in [0, 0.05) is 30.5 Å². The van der Waals surface area contributed by atoms with Gasteiger partial charge in [0.05, 0.1) is 10.9 Å². The van der Waals surface area contributed by atoms with Crippen molar-refractivity contribution >= 4 is 79.1 Å². The van der Waals surface area contributed by atoms with Gasteiger partial charge in [0.1, 0.15) is 30.2 Å². The predicted octanol–water partition coefficient (Wildman–Crippen LogP) is -0.642. The molecule has 18 nitrogen and oxygen atoms in total. The zero-order valence-electron chi connectivity index (χ0n) is 34.6. The molecule has 0 heterocycles. The highest BCUT2D eigenvalue weighted by Crippen LogP contribution is 2.16. The van der Waals surface area contributed by atoms with Gasteiger partial charge in [-0.15, -0.1) is 0 Å². The van der Waals surface area contributed by atoms with Crippen molar-refractivity contribution in [3.63, 3.8) is 0 Å². The molecule has 0 fully saturated rings. The summed E-state index contributed by atoms with van der Waals surface area (Å²) in [5.41, 5.74) is 30.4. The minimum absolute atomic E-state index is 0.0663. The number of hydrogen-bond donors (Lipinski definition) is 10. The second-order valence-corrected chi connectivity index (χ2v) is 17.2. The Morgan fingerprint density at radius 1 is 0.492 bits per heavy atom. The van der Waals surface area contributed by atoms with E-state index in [1.54, 1.807) is 84.9 Å². The first kappa shape index (κ1) is 51.6. The van der Waals surface area contributed by atoms with E-state index >= 15 is 0 Å². The summed E-state index contributed by atoms with van der Waals surface area (Å²) >= 11 is 6.72. The van der Waals surface area contributed by atoms with Gasteiger partial charge in [0.25, 0.3) is 0 Å². The van der Waals surface area contributed by atoms with E-state index < -0.39 is 99.6 Å². The van der Waals surface area contributed by atoms with Gasteiger partial charge in [-0.1, -0.05) is 123 Å². The number of benzene rings is 3. The van der Waals surface area contributed by atoms with Crippen molar-refractivity contribution in [1.29, 1.82) is 0 Å². The SMILES string of the molecule is NCCCC(Br)[C@H](NC(=O)[C@H](Cc1ccccc1)NC(=O)[C@@H](NC(=O)[C@H](Cc1ccccc1)NC(=O)[C@H](CCC(N)=O)NC(=O)[C@@H](N)Cc1ccccc1)C(Br)CC(N)=O)C(N)=O. The number of carbonyl (C=O) groups is 8. The molecule has 2 unspecified atom stereocenters. The van der Waals surface area contributed by atoms with E-state index in [2.05, 4.69) is 58.4 Å². The van der Waals surface area contributed by atoms with Crippen LogP contribution in [0, 0.1) is 0 Å². The molecule has 0 bridgehead atoms. The summed E-state index contributed by atoms with van der Waals surface area (Å²) in [4.78, 5) is 104. The summed E-state index contributed by atoms with van der Waals surface area (Å²) in [6, 6.07) is 18.2. The number of amides is 8. The second-order valence-electron chi connectivity index (χ2n) is 14.9. The molecule has 0 aliphatic rings. The van der Waals surface area contributed by atoms with Crippen molar-refractivity contribution < 1.29 is 38.4 Å². The molecule has 0 saturated carbocycles. The summed E-state index contributed by atoms with van der Waals surface area (Å²) in [7, 11) is 0. The number of halogens is 2. The molecule has 0 saturated heterocycles. The molecule has 0 radical (unpaired) electrons. The van der Waals surface area contributed by atoms with Crippen LogP contribution in [-0.4, -0.2) is 99.7 Å². The molecule has 15 N–H and O–H groups in total. The number of hydrogen-bond acceptors (Lipinski definition) is 10. The number of alkyl halides is 2. The quantitative estimate of drug-likeness (QED) is 0.0431. The number of nitrogens with one attached hydrogen (secondary N) is 5. The Labute approximate surface area is 382 Å². The third-order valence-electron chi connectivity index (χ3n) is 9.77. The van der Waals surface area contributed by atoms with E-state index in [1.807, 2.05) is 6.07 Å². The van der Waals surface area contributed by atoms with Gasteiger partial charge in [0.2, 0.25) is 47.3 Å². The fraction of sp³-hybridized carbons (Fsp3) is 0.395. The van der Waals surface area contributed by atoms with Gasteiger partial charge in [-0.3, -0.25) is 38.4 Å². The zero-order chi connectivity index (χ0) is 46.5. The van der Waals surface area contributed by atoms with Crippen LogP contribution in [0.25, 0.3) is 0 Å². The van der Waals surface area contributed by atoms with Gasteiger partial charge in [-0.25, -0.2) is 0 Å². The van der Waals surface area contributed by atoms with Crippen LogP contribution in [0.5, 0.6) is 0 Å². The molecule has 0 aliphatic heterocycles. The normalized spacial score (nSPS) is 14.8. The van der Waals surface area contributed by atoms with Crippen LogP contribution < -0.4 is 55.3 Å². The largest absolute Gasteiger partial charge is 0.370 e. The minimum atomic E-state index is -1.59. The number of carbonyl (C=O) groups excluding carboxylic acids is 8. The van der Waals surface area contributed by atoms with Crippen LogP contribution >= 0.6 is 31.9 Å². The first-order valence-electron chi connectivity index (χ1n) is 20.2. The molecular formula is C43H56Br2N10O8. The average Bonchev–Trinajstić information content (AvgIpc) is 3.24. The lowest BCUT2D eigenvalue weighted by molar-refractivity contribution is -0.135. The van der Waals surface area contributed by atoms with Crippen molar-refractivity contribution in [1.82, 2.24) is 26.6 Å². The highest BCUT2D eigenvalue weighted by Gasteiger charge is 2.37. The Kier molecular flexibility index (Phi) is 21.9. The maximum atomic E-state index is 14.3. The molecule has 8 atom stereocenters. The Balaban J connectivity index is 1.95. The molecule has 63 heavy (non-hydrogen) atoms. The first-order valence-corrected chi connectivity index (χ1v) is 22.0. The van der Waals surface area contributed by atoms with Crippen LogP contribution in [0.3, 0.4) is 0 Å². The molecule has 0 spiro atoms. The van der Waals surface area contributed by atoms with Crippen molar-refractivity contribution in [2.75, 3.05) is 6.54 Å². The maximum absolute atomic E-state index is 14.3. The number of nitrogens with two attached hydrogens (primary N) is 5. The molecule has 0 aromatic heterocycles. The van der Waals surface area contributed by atoms with Crippen LogP contribution in [0.1, 0.15) is 48.8 Å². The summed E-state index contributed by atoms with van der Waals surface area (Å²) in [6.45, 7) is 0.326. The van der Waals surface area contributed by atoms with Crippen molar-refractivity contribution in [2.45, 2.75) is 97.3 Å². The van der Waals surface area contributed by atoms with E-state index in [4.69, 9.17) is 28.7 Å². The molecule has 3 aromatic rings. The standard InChI is InChI=1S/C43H56Br2N10O8/c44-28(17-10-20-46)36(38(50)58)54-41(61)33(23-27-15-8-3-9-16-27)53-43(63)37(29(45)24-35(49)57)55-42(62)32(22-26-13-6-2-7-14-26)52-40(60)31(18-19-34(48)56)51-39(59)30(47)21-25-11-4-1-5-12-25/h1-9,11-16,28-33,36-37H,10,17-24,46-47H2,(H2,48,56)(H2,49,57)(H2,50,58)(H,51,59)(H,52,60)(H,53,63)(H,54,61)(H,55,62)/t28?,29?,30-,31-,32-,33-,36-,37-/m0/s1. The lowest BCUT2D eigenvalue weighted by atomic mass is 10.0. The van der Waals surface area contributed by atoms with E-state index in [9.17, 15) is 38.4 Å². The summed E-state index contributed by atoms with van der Waals surface area (Å²) in [5, 5.41) is 13.1. The van der Waals surface area contributed by atoms with Gasteiger partial charge >= 0.3 is 0 Å². The van der Waals surface area contributed by atoms with Gasteiger partial charge in [-0.2, -0.15) is 0 Å². The fourth-order valence-corrected chi connectivity index (χ4v) is 7.81. The third kappa shape index (κ3) is 18.3. The van der Waals surface area contributed by atoms with E-state index in [-0.39, 0.29) is 32.1 Å². The van der Waals surface area contributed by atoms with E-state index in [1.165, 1.54) is 0 Å². The van der Waals surface area contributed by atoms with Crippen molar-refractivity contribution in [2.24, 2.45) is 28.7 Å². The summed E-state index contributed by atoms with van der Waals surface area (Å²) < 4.78 is 0. The Morgan fingerprint density at radius 2 is 0.921 bits per heavy atom. The molecule has 0 aliphatic carbocycles. The first-order chi connectivity index (χ1) is 30.0. The van der Waals surface area contributed by atoms with Crippen LogP contribution in [0.4, 0.5) is 0 Å². The summed E-state index contributed by atoms with van der Waals surface area (Å²) in [6.07, 6.45) is -0.118. The van der Waals surface area contributed by atoms with Crippen LogP contribution in [0.2, 0.25) is 0 Å². The highest BCUT2D eigenvalue weighted by molar-refractivity contribution is 9.09. The molecule has 3 rings (SSSR count). The topological polar surface area (TPSA) is 327 Å². The monoisotopic (exact) mass is 998 g/mol. The van der Waals surface area contributed by atoms with Gasteiger partial charge in [-0.05, 0) is 48.9 Å². The lowest BCUT2D eigenvalue weighted by Gasteiger charge is -2.29. The van der Waals surface area contributed by atoms with E-state index in [0.717, 1.165) is 5.56 Å². The predicted molar refractivity (Wildman–Crippen MR) is 243 cm³/mol. The van der Waals surface area contributed by atoms with E-state index in [0.29, 0.717) is 30.5 Å². The maximum Gasteiger partial charge on any atom is 0.244 e. The van der Waals surface area contributed by atoms with Crippen molar-refractivity contribution in [3.8, 4) is 0 Å². The highest BCUT2D eigenvalue weighted by atomic mass is 79.9. The summed E-state index contributed by atoms with van der Waals surface area (Å²) in [5.74, 6) is -6.58. The van der Waals surface area contributed by atoms with Gasteiger partial charge < -0.3 is 55.3 Å². The Morgan fingerprint density at radius 3 is 1.37 bits per heavy atom. The minimum Gasteiger partial charge on any atom is -0.370 e. The fourth-order valence-electron chi connectivity index (χ4n) is 6.40. The Hall–Kier alpha value is -5.70. The second kappa shape index (κ2) is 26.7. The molecule has 20 heteroatoms. The van der Waals surface area contributed by atoms with Crippen LogP contribution in [0.15, 0.2) is 91.0 Å². The molecule has 3 aromatic carbocycles. The van der Waals surface area contributed by atoms with Crippen LogP contribution in [-0.2, 0) is 57.6 Å². The average molecular weight is 1000 g/mol. The molecular weight excluding hydrogens is 944 g/mol. The Bertz CT molecular complexity index is 2000. The van der Waals surface area contributed by atoms with Gasteiger partial charge in [0.15, 0.2) is 0 Å².